The number of nitrogens with zero attached hydrogens (tertiary/aromatic N) is 3. The van der Waals surface area contributed by atoms with E-state index in [9.17, 15) is 9.18 Å². The van der Waals surface area contributed by atoms with Crippen molar-refractivity contribution in [2.75, 3.05) is 29.0 Å². The second-order valence-electron chi connectivity index (χ2n) is 7.92. The maximum Gasteiger partial charge on any atom is 0.308 e. The van der Waals surface area contributed by atoms with Crippen LogP contribution in [0.2, 0.25) is 0 Å². The largest absolute Gasteiger partial charge is 0.424 e. The van der Waals surface area contributed by atoms with Crippen molar-refractivity contribution in [3.63, 3.8) is 0 Å². The number of ether oxygens (including phenoxy) is 1. The van der Waals surface area contributed by atoms with Gasteiger partial charge in [-0.3, -0.25) is 15.6 Å². The third kappa shape index (κ3) is 4.54. The fourth-order valence-electron chi connectivity index (χ4n) is 4.54. The molecule has 0 radical (unpaired) electrons. The third-order valence-electron chi connectivity index (χ3n) is 5.91. The minimum atomic E-state index is -0.468. The highest BCUT2D eigenvalue weighted by Gasteiger charge is 2.40. The topological polar surface area (TPSA) is 117 Å². The molecule has 2 aliphatic rings. The minimum Gasteiger partial charge on any atom is -0.424 e. The molecular formula is C21H28FN7O2. The summed E-state index contributed by atoms with van der Waals surface area (Å²) in [5, 5.41) is 3.05. The standard InChI is InChI=1S/C21H28FN7O2/c1-3-29(18-6-4-5-17-14(18)10-25-28-17)20-15(22)11-24-21(27-20)26-13-7-8-16(23)19(9-13)31-12(2)30/h7-9,11,14,17-18,25,28H,3-6,10,23H2,1-2H3,(H,24,26,27). The Morgan fingerprint density at radius 2 is 2.26 bits per heavy atom. The van der Waals surface area contributed by atoms with Crippen molar-refractivity contribution < 1.29 is 13.9 Å². The number of anilines is 4. The Morgan fingerprint density at radius 1 is 1.42 bits per heavy atom. The number of hydrogen-bond acceptors (Lipinski definition) is 9. The monoisotopic (exact) mass is 429 g/mol. The van der Waals surface area contributed by atoms with Gasteiger partial charge in [0.15, 0.2) is 17.4 Å². The van der Waals surface area contributed by atoms with Crippen LogP contribution in [-0.2, 0) is 4.79 Å². The number of nitrogen functional groups attached to an aromatic ring is 1. The van der Waals surface area contributed by atoms with Gasteiger partial charge in [-0.2, -0.15) is 4.98 Å². The molecule has 2 aromatic rings. The number of halogens is 1. The molecule has 5 N–H and O–H groups in total. The molecule has 1 aromatic heterocycles. The van der Waals surface area contributed by atoms with Gasteiger partial charge in [-0.15, -0.1) is 0 Å². The summed E-state index contributed by atoms with van der Waals surface area (Å²) < 4.78 is 19.9. The molecular weight excluding hydrogens is 401 g/mol. The van der Waals surface area contributed by atoms with Crippen LogP contribution in [-0.4, -0.2) is 41.1 Å². The first-order valence-corrected chi connectivity index (χ1v) is 10.6. The number of carbonyl (C=O) groups excluding carboxylic acids is 1. The Kier molecular flexibility index (Phi) is 6.19. The van der Waals surface area contributed by atoms with Crippen LogP contribution in [0.15, 0.2) is 24.4 Å². The average molecular weight is 430 g/mol. The van der Waals surface area contributed by atoms with Crippen molar-refractivity contribution in [3.8, 4) is 5.75 Å². The Labute approximate surface area is 180 Å². The van der Waals surface area contributed by atoms with E-state index < -0.39 is 11.8 Å². The van der Waals surface area contributed by atoms with E-state index in [1.54, 1.807) is 18.2 Å². The minimum absolute atomic E-state index is 0.190. The second kappa shape index (κ2) is 9.03. The molecule has 4 rings (SSSR count). The summed E-state index contributed by atoms with van der Waals surface area (Å²) >= 11 is 0. The van der Waals surface area contributed by atoms with E-state index in [4.69, 9.17) is 10.5 Å². The van der Waals surface area contributed by atoms with Gasteiger partial charge in [0, 0.05) is 49.8 Å². The molecule has 1 aliphatic heterocycles. The van der Waals surface area contributed by atoms with Crippen LogP contribution in [0.3, 0.4) is 0 Å². The van der Waals surface area contributed by atoms with Gasteiger partial charge >= 0.3 is 5.97 Å². The van der Waals surface area contributed by atoms with Crippen LogP contribution in [0.25, 0.3) is 0 Å². The van der Waals surface area contributed by atoms with Crippen molar-refractivity contribution in [1.82, 2.24) is 20.8 Å². The van der Waals surface area contributed by atoms with Gasteiger partial charge in [0.1, 0.15) is 0 Å². The molecule has 3 unspecified atom stereocenters. The summed E-state index contributed by atoms with van der Waals surface area (Å²) in [6.45, 7) is 4.81. The van der Waals surface area contributed by atoms with Crippen molar-refractivity contribution >= 4 is 29.1 Å². The van der Waals surface area contributed by atoms with Gasteiger partial charge in [-0.05, 0) is 38.3 Å². The number of benzene rings is 1. The molecule has 9 nitrogen and oxygen atoms in total. The molecule has 1 saturated carbocycles. The zero-order valence-electron chi connectivity index (χ0n) is 17.7. The van der Waals surface area contributed by atoms with E-state index in [2.05, 4.69) is 26.1 Å². The van der Waals surface area contributed by atoms with Gasteiger partial charge in [-0.1, -0.05) is 0 Å². The molecule has 2 heterocycles. The lowest BCUT2D eigenvalue weighted by Gasteiger charge is -2.40. The maximum absolute atomic E-state index is 14.8. The first kappa shape index (κ1) is 21.3. The number of aromatic nitrogens is 2. The predicted octanol–water partition coefficient (Wildman–Crippen LogP) is 2.34. The first-order valence-electron chi connectivity index (χ1n) is 10.6. The molecule has 2 fully saturated rings. The highest BCUT2D eigenvalue weighted by Crippen LogP contribution is 2.34. The normalized spacial score (nSPS) is 22.6. The number of hydrazine groups is 1. The number of carbonyl (C=O) groups is 1. The molecule has 166 valence electrons. The number of nitrogens with one attached hydrogen (secondary N) is 3. The number of nitrogens with two attached hydrogens (primary N) is 1. The Bertz CT molecular complexity index is 957. The summed E-state index contributed by atoms with van der Waals surface area (Å²) in [6, 6.07) is 5.50. The lowest BCUT2D eigenvalue weighted by molar-refractivity contribution is -0.131. The fraction of sp³-hybridized carbons (Fsp3) is 0.476. The van der Waals surface area contributed by atoms with Gasteiger partial charge in [0.25, 0.3) is 0 Å². The van der Waals surface area contributed by atoms with E-state index in [0.29, 0.717) is 29.9 Å². The fourth-order valence-corrected chi connectivity index (χ4v) is 4.54. The lowest BCUT2D eigenvalue weighted by Crippen LogP contribution is -2.49. The number of esters is 1. The summed E-state index contributed by atoms with van der Waals surface area (Å²) in [4.78, 5) is 21.9. The van der Waals surface area contributed by atoms with Crippen molar-refractivity contribution in [3.05, 3.63) is 30.2 Å². The number of fused-ring (bicyclic) bond motifs is 1. The van der Waals surface area contributed by atoms with Crippen LogP contribution in [0.5, 0.6) is 5.75 Å². The Balaban J connectivity index is 1.59. The molecule has 0 amide bonds. The van der Waals surface area contributed by atoms with Crippen LogP contribution < -0.4 is 31.5 Å². The lowest BCUT2D eigenvalue weighted by atomic mass is 9.81. The van der Waals surface area contributed by atoms with Crippen molar-refractivity contribution in [2.45, 2.75) is 45.2 Å². The number of hydrogen-bond donors (Lipinski definition) is 4. The molecule has 31 heavy (non-hydrogen) atoms. The smallest absolute Gasteiger partial charge is 0.308 e. The van der Waals surface area contributed by atoms with Gasteiger partial charge < -0.3 is 20.7 Å². The SMILES string of the molecule is CCN(c1nc(Nc2ccc(N)c(OC(C)=O)c2)ncc1F)C1CCCC2NNCC21. The van der Waals surface area contributed by atoms with E-state index in [-0.39, 0.29) is 23.6 Å². The molecule has 0 spiro atoms. The van der Waals surface area contributed by atoms with Crippen LogP contribution in [0.1, 0.15) is 33.1 Å². The highest BCUT2D eigenvalue weighted by atomic mass is 19.1. The third-order valence-corrected chi connectivity index (χ3v) is 5.91. The summed E-state index contributed by atoms with van der Waals surface area (Å²) in [6.07, 6.45) is 4.38. The Hall–Kier alpha value is -2.98. The van der Waals surface area contributed by atoms with E-state index >= 15 is 0 Å². The average Bonchev–Trinajstić information content (AvgIpc) is 3.22. The van der Waals surface area contributed by atoms with E-state index in [1.807, 2.05) is 11.8 Å². The molecule has 1 aliphatic carbocycles. The van der Waals surface area contributed by atoms with E-state index in [0.717, 1.165) is 25.8 Å². The van der Waals surface area contributed by atoms with Crippen LogP contribution in [0.4, 0.5) is 27.5 Å². The zero-order chi connectivity index (χ0) is 22.0. The van der Waals surface area contributed by atoms with Crippen molar-refractivity contribution in [2.24, 2.45) is 5.92 Å². The summed E-state index contributed by atoms with van der Waals surface area (Å²) in [7, 11) is 0. The van der Waals surface area contributed by atoms with Gasteiger partial charge in [0.05, 0.1) is 11.9 Å². The molecule has 3 atom stereocenters. The molecule has 10 heteroatoms. The highest BCUT2D eigenvalue weighted by molar-refractivity contribution is 5.74. The summed E-state index contributed by atoms with van der Waals surface area (Å²) in [5.41, 5.74) is 13.4. The van der Waals surface area contributed by atoms with Gasteiger partial charge in [0.2, 0.25) is 5.95 Å². The second-order valence-corrected chi connectivity index (χ2v) is 7.92. The van der Waals surface area contributed by atoms with E-state index in [1.165, 1.54) is 13.1 Å². The quantitative estimate of drug-likeness (QED) is 0.312. The predicted molar refractivity (Wildman–Crippen MR) is 117 cm³/mol. The first-order chi connectivity index (χ1) is 15.0. The molecule has 1 saturated heterocycles. The Morgan fingerprint density at radius 3 is 3.03 bits per heavy atom. The van der Waals surface area contributed by atoms with Crippen LogP contribution in [0, 0.1) is 11.7 Å². The molecule has 1 aromatic carbocycles. The molecule has 0 bridgehead atoms. The maximum atomic E-state index is 14.8. The zero-order valence-corrected chi connectivity index (χ0v) is 17.7. The van der Waals surface area contributed by atoms with Crippen LogP contribution >= 0.6 is 0 Å². The summed E-state index contributed by atoms with van der Waals surface area (Å²) in [5.74, 6) is 0.250. The number of rotatable bonds is 6. The van der Waals surface area contributed by atoms with Crippen molar-refractivity contribution in [1.29, 1.82) is 0 Å². The van der Waals surface area contributed by atoms with Gasteiger partial charge in [-0.25, -0.2) is 9.37 Å².